The number of likely N-dealkylation sites (tertiary alicyclic amines) is 1. The van der Waals surface area contributed by atoms with Gasteiger partial charge in [-0.3, -0.25) is 4.79 Å². The molecule has 0 bridgehead atoms. The van der Waals surface area contributed by atoms with E-state index in [9.17, 15) is 4.79 Å². The van der Waals surface area contributed by atoms with Crippen LogP contribution in [0.25, 0.3) is 0 Å². The second-order valence-corrected chi connectivity index (χ2v) is 6.96. The summed E-state index contributed by atoms with van der Waals surface area (Å²) in [5.41, 5.74) is 1.24. The maximum atomic E-state index is 12.7. The molecule has 1 fully saturated rings. The number of carbonyl (C=O) groups is 1. The molecule has 0 saturated carbocycles. The van der Waals surface area contributed by atoms with Gasteiger partial charge in [0.15, 0.2) is 18.1 Å². The Labute approximate surface area is 159 Å². The highest BCUT2D eigenvalue weighted by atomic mass is 35.5. The summed E-state index contributed by atoms with van der Waals surface area (Å²) in [6, 6.07) is 15.3. The van der Waals surface area contributed by atoms with Crippen LogP contribution < -0.4 is 9.47 Å². The van der Waals surface area contributed by atoms with Crippen molar-refractivity contribution < 1.29 is 14.3 Å². The zero-order chi connectivity index (χ0) is 18.4. The van der Waals surface area contributed by atoms with Crippen molar-refractivity contribution in [2.75, 3.05) is 26.8 Å². The molecule has 1 heterocycles. The van der Waals surface area contributed by atoms with Crippen LogP contribution in [0.4, 0.5) is 0 Å². The normalized spacial score (nSPS) is 17.5. The Morgan fingerprint density at radius 3 is 2.58 bits per heavy atom. The highest BCUT2D eigenvalue weighted by Gasteiger charge is 2.23. The number of hydrogen-bond acceptors (Lipinski definition) is 3. The summed E-state index contributed by atoms with van der Waals surface area (Å²) in [5, 5.41) is 0.737. The van der Waals surface area contributed by atoms with Gasteiger partial charge in [-0.2, -0.15) is 0 Å². The number of benzene rings is 2. The SMILES string of the molecule is COc1ccccc1OCC(=O)N1CCCCC(c2ccc(Cl)cc2)C1. The van der Waals surface area contributed by atoms with Crippen LogP contribution >= 0.6 is 11.6 Å². The van der Waals surface area contributed by atoms with Gasteiger partial charge in [0.1, 0.15) is 0 Å². The molecule has 26 heavy (non-hydrogen) atoms. The number of carbonyl (C=O) groups excluding carboxylic acids is 1. The summed E-state index contributed by atoms with van der Waals surface area (Å²) < 4.78 is 11.0. The molecule has 0 aromatic heterocycles. The molecular weight excluding hydrogens is 350 g/mol. The molecular formula is C21H24ClNO3. The lowest BCUT2D eigenvalue weighted by molar-refractivity contribution is -0.133. The van der Waals surface area contributed by atoms with E-state index in [1.54, 1.807) is 7.11 Å². The maximum Gasteiger partial charge on any atom is 0.260 e. The summed E-state index contributed by atoms with van der Waals surface area (Å²) in [5.74, 6) is 1.57. The molecule has 0 radical (unpaired) electrons. The first kappa shape index (κ1) is 18.6. The van der Waals surface area contributed by atoms with Gasteiger partial charge in [-0.1, -0.05) is 42.3 Å². The van der Waals surface area contributed by atoms with Crippen LogP contribution in [0, 0.1) is 0 Å². The zero-order valence-corrected chi connectivity index (χ0v) is 15.7. The molecule has 1 aliphatic rings. The first-order chi connectivity index (χ1) is 12.7. The van der Waals surface area contributed by atoms with Crippen molar-refractivity contribution in [1.82, 2.24) is 4.90 Å². The van der Waals surface area contributed by atoms with Crippen LogP contribution in [0.1, 0.15) is 30.7 Å². The Hall–Kier alpha value is -2.20. The van der Waals surface area contributed by atoms with E-state index in [0.717, 1.165) is 37.4 Å². The topological polar surface area (TPSA) is 38.8 Å². The van der Waals surface area contributed by atoms with Crippen molar-refractivity contribution in [3.05, 3.63) is 59.1 Å². The number of rotatable bonds is 5. The largest absolute Gasteiger partial charge is 0.493 e. The van der Waals surface area contributed by atoms with Crippen LogP contribution in [0.2, 0.25) is 5.02 Å². The van der Waals surface area contributed by atoms with E-state index in [0.29, 0.717) is 17.4 Å². The smallest absolute Gasteiger partial charge is 0.260 e. The number of halogens is 1. The third-order valence-electron chi connectivity index (χ3n) is 4.79. The lowest BCUT2D eigenvalue weighted by Gasteiger charge is -2.25. The summed E-state index contributed by atoms with van der Waals surface area (Å²) in [7, 11) is 1.59. The van der Waals surface area contributed by atoms with Gasteiger partial charge >= 0.3 is 0 Å². The summed E-state index contributed by atoms with van der Waals surface area (Å²) in [4.78, 5) is 14.6. The minimum atomic E-state index is 0.0109. The van der Waals surface area contributed by atoms with Crippen molar-refractivity contribution >= 4 is 17.5 Å². The molecule has 4 nitrogen and oxygen atoms in total. The highest BCUT2D eigenvalue weighted by molar-refractivity contribution is 6.30. The fourth-order valence-electron chi connectivity index (χ4n) is 3.34. The lowest BCUT2D eigenvalue weighted by Crippen LogP contribution is -2.37. The first-order valence-corrected chi connectivity index (χ1v) is 9.34. The van der Waals surface area contributed by atoms with Gasteiger partial charge in [0, 0.05) is 24.0 Å². The van der Waals surface area contributed by atoms with Gasteiger partial charge in [0.2, 0.25) is 0 Å². The highest BCUT2D eigenvalue weighted by Crippen LogP contribution is 2.28. The van der Waals surface area contributed by atoms with Crippen LogP contribution in [0.15, 0.2) is 48.5 Å². The average molecular weight is 374 g/mol. The number of amides is 1. The second-order valence-electron chi connectivity index (χ2n) is 6.52. The van der Waals surface area contributed by atoms with E-state index >= 15 is 0 Å². The predicted octanol–water partition coefficient (Wildman–Crippen LogP) is 4.52. The van der Waals surface area contributed by atoms with Gasteiger partial charge in [-0.25, -0.2) is 0 Å². The van der Waals surface area contributed by atoms with E-state index in [2.05, 4.69) is 12.1 Å². The summed E-state index contributed by atoms with van der Waals surface area (Å²) in [6.45, 7) is 1.52. The van der Waals surface area contributed by atoms with Gasteiger partial charge in [0.25, 0.3) is 5.91 Å². The third-order valence-corrected chi connectivity index (χ3v) is 5.04. The Balaban J connectivity index is 1.63. The van der Waals surface area contributed by atoms with E-state index < -0.39 is 0 Å². The Morgan fingerprint density at radius 1 is 1.12 bits per heavy atom. The minimum Gasteiger partial charge on any atom is -0.493 e. The molecule has 1 unspecified atom stereocenters. The van der Waals surface area contributed by atoms with Crippen LogP contribution in [-0.2, 0) is 4.79 Å². The minimum absolute atomic E-state index is 0.0109. The van der Waals surface area contributed by atoms with E-state index in [4.69, 9.17) is 21.1 Å². The summed E-state index contributed by atoms with van der Waals surface area (Å²) in [6.07, 6.45) is 3.22. The standard InChI is InChI=1S/C21H24ClNO3/c1-25-19-7-2-3-8-20(19)26-15-21(24)23-13-5-4-6-17(14-23)16-9-11-18(22)12-10-16/h2-3,7-12,17H,4-6,13-15H2,1H3. The molecule has 0 aliphatic carbocycles. The molecule has 1 atom stereocenters. The van der Waals surface area contributed by atoms with Crippen molar-refractivity contribution in [2.45, 2.75) is 25.2 Å². The molecule has 1 aliphatic heterocycles. The predicted molar refractivity (Wildman–Crippen MR) is 103 cm³/mol. The van der Waals surface area contributed by atoms with Crippen LogP contribution in [0.3, 0.4) is 0 Å². The van der Waals surface area contributed by atoms with E-state index in [1.807, 2.05) is 41.3 Å². The fraction of sp³-hybridized carbons (Fsp3) is 0.381. The van der Waals surface area contributed by atoms with Gasteiger partial charge in [-0.15, -0.1) is 0 Å². The molecule has 2 aromatic carbocycles. The number of hydrogen-bond donors (Lipinski definition) is 0. The zero-order valence-electron chi connectivity index (χ0n) is 15.0. The molecule has 1 saturated heterocycles. The average Bonchev–Trinajstić information content (AvgIpc) is 2.93. The number of methoxy groups -OCH3 is 1. The Bertz CT molecular complexity index is 732. The van der Waals surface area contributed by atoms with Crippen LogP contribution in [-0.4, -0.2) is 37.6 Å². The van der Waals surface area contributed by atoms with Crippen LogP contribution in [0.5, 0.6) is 11.5 Å². The first-order valence-electron chi connectivity index (χ1n) is 8.96. The monoisotopic (exact) mass is 373 g/mol. The number of ether oxygens (including phenoxy) is 2. The molecule has 5 heteroatoms. The molecule has 138 valence electrons. The van der Waals surface area contributed by atoms with E-state index in [-0.39, 0.29) is 12.5 Å². The van der Waals surface area contributed by atoms with Gasteiger partial charge in [0.05, 0.1) is 7.11 Å². The fourth-order valence-corrected chi connectivity index (χ4v) is 3.47. The molecule has 2 aromatic rings. The van der Waals surface area contributed by atoms with Gasteiger partial charge in [-0.05, 0) is 42.7 Å². The second kappa shape index (κ2) is 8.95. The quantitative estimate of drug-likeness (QED) is 0.773. The third kappa shape index (κ3) is 4.70. The molecule has 0 N–H and O–H groups in total. The Kier molecular flexibility index (Phi) is 6.40. The lowest BCUT2D eigenvalue weighted by atomic mass is 9.94. The van der Waals surface area contributed by atoms with Crippen molar-refractivity contribution in [3.8, 4) is 11.5 Å². The van der Waals surface area contributed by atoms with Crippen molar-refractivity contribution in [2.24, 2.45) is 0 Å². The van der Waals surface area contributed by atoms with Gasteiger partial charge < -0.3 is 14.4 Å². The van der Waals surface area contributed by atoms with Crippen molar-refractivity contribution in [1.29, 1.82) is 0 Å². The molecule has 3 rings (SSSR count). The molecule has 1 amide bonds. The molecule has 0 spiro atoms. The summed E-state index contributed by atoms with van der Waals surface area (Å²) >= 11 is 5.99. The Morgan fingerprint density at radius 2 is 1.85 bits per heavy atom. The number of para-hydroxylation sites is 2. The maximum absolute atomic E-state index is 12.7. The van der Waals surface area contributed by atoms with E-state index in [1.165, 1.54) is 5.56 Å². The van der Waals surface area contributed by atoms with Crippen molar-refractivity contribution in [3.63, 3.8) is 0 Å². The number of nitrogens with zero attached hydrogens (tertiary/aromatic N) is 1.